The highest BCUT2D eigenvalue weighted by Crippen LogP contribution is 2.32. The molecule has 1 aliphatic heterocycles. The van der Waals surface area contributed by atoms with Gasteiger partial charge in [-0.1, -0.05) is 42.5 Å². The van der Waals surface area contributed by atoms with Crippen LogP contribution in [0.4, 0.5) is 0 Å². The van der Waals surface area contributed by atoms with E-state index in [1.165, 1.54) is 16.7 Å². The quantitative estimate of drug-likeness (QED) is 0.340. The lowest BCUT2D eigenvalue weighted by atomic mass is 10.2. The molecule has 1 aromatic carbocycles. The average molecular weight is 423 g/mol. The number of carbonyl (C=O) groups excluding carboxylic acids is 2. The molecule has 1 fully saturated rings. The van der Waals surface area contributed by atoms with Gasteiger partial charge in [0.2, 0.25) is 5.91 Å². The van der Waals surface area contributed by atoms with Crippen molar-refractivity contribution in [2.45, 2.75) is 25.7 Å². The topological polar surface area (TPSA) is 95.9 Å². The van der Waals surface area contributed by atoms with Gasteiger partial charge in [-0.3, -0.25) is 19.3 Å². The molecule has 1 aromatic rings. The molecule has 7 nitrogen and oxygen atoms in total. The smallest absolute Gasteiger partial charge is 0.303 e. The third-order valence-corrected chi connectivity index (χ3v) is 5.36. The van der Waals surface area contributed by atoms with E-state index in [0.29, 0.717) is 28.6 Å². The number of hydrogen-bond acceptors (Lipinski definition) is 6. The van der Waals surface area contributed by atoms with Crippen LogP contribution in [0.3, 0.4) is 0 Å². The van der Waals surface area contributed by atoms with Gasteiger partial charge in [-0.05, 0) is 36.6 Å². The molecule has 1 heterocycles. The lowest BCUT2D eigenvalue weighted by Gasteiger charge is -2.14. The molecule has 9 heteroatoms. The van der Waals surface area contributed by atoms with Gasteiger partial charge in [-0.2, -0.15) is 0 Å². The molecule has 1 saturated heterocycles. The van der Waals surface area contributed by atoms with Crippen LogP contribution in [0, 0.1) is 0 Å². The second-order valence-electron chi connectivity index (χ2n) is 6.10. The van der Waals surface area contributed by atoms with E-state index in [1.807, 2.05) is 12.1 Å². The molecule has 0 spiro atoms. The molecule has 28 heavy (non-hydrogen) atoms. The Morgan fingerprint density at radius 3 is 2.61 bits per heavy atom. The van der Waals surface area contributed by atoms with E-state index in [-0.39, 0.29) is 24.8 Å². The number of aliphatic carboxylic acids is 1. The van der Waals surface area contributed by atoms with E-state index in [9.17, 15) is 14.4 Å². The molecule has 2 N–H and O–H groups in total. The summed E-state index contributed by atoms with van der Waals surface area (Å²) in [6, 6.07) is 7.28. The second-order valence-corrected chi connectivity index (χ2v) is 7.77. The van der Waals surface area contributed by atoms with Crippen LogP contribution in [0.25, 0.3) is 6.08 Å². The van der Waals surface area contributed by atoms with Gasteiger partial charge in [0.1, 0.15) is 16.6 Å². The van der Waals surface area contributed by atoms with Crippen LogP contribution in [-0.2, 0) is 14.4 Å². The third kappa shape index (κ3) is 6.65. The number of thioether (sulfide) groups is 1. The molecule has 0 aromatic heterocycles. The molecule has 0 radical (unpaired) electrons. The van der Waals surface area contributed by atoms with Gasteiger partial charge >= 0.3 is 5.97 Å². The maximum atomic E-state index is 12.5. The SMILES string of the molecule is COc1ccc(/C=C2\SC(=S)N(CC(=O)NCCCCCC(=O)O)C2=O)cc1. The predicted molar refractivity (Wildman–Crippen MR) is 112 cm³/mol. The van der Waals surface area contributed by atoms with E-state index in [2.05, 4.69) is 5.32 Å². The van der Waals surface area contributed by atoms with Crippen LogP contribution in [-0.4, -0.2) is 52.3 Å². The van der Waals surface area contributed by atoms with Gasteiger partial charge in [0.05, 0.1) is 12.0 Å². The Hall–Kier alpha value is -2.39. The standard InChI is InChI=1S/C19H22N2O5S2/c1-26-14-8-6-13(7-9-14)11-15-18(25)21(19(27)28-15)12-16(22)20-10-4-2-3-5-17(23)24/h6-9,11H,2-5,10,12H2,1H3,(H,20,22)(H,23,24)/b15-11-. The van der Waals surface area contributed by atoms with Crippen molar-refractivity contribution in [1.29, 1.82) is 0 Å². The minimum atomic E-state index is -0.818. The fraction of sp³-hybridized carbons (Fsp3) is 0.368. The van der Waals surface area contributed by atoms with Crippen LogP contribution in [0.1, 0.15) is 31.2 Å². The number of carbonyl (C=O) groups is 3. The lowest BCUT2D eigenvalue weighted by Crippen LogP contribution is -2.39. The summed E-state index contributed by atoms with van der Waals surface area (Å²) in [5.41, 5.74) is 0.840. The van der Waals surface area contributed by atoms with Gasteiger partial charge in [0.25, 0.3) is 5.91 Å². The molecule has 2 rings (SSSR count). The normalized spacial score (nSPS) is 15.2. The Kier molecular flexibility index (Phi) is 8.46. The molecule has 0 atom stereocenters. The van der Waals surface area contributed by atoms with Crippen molar-refractivity contribution in [3.8, 4) is 5.75 Å². The molecule has 0 unspecified atom stereocenters. The number of benzene rings is 1. The fourth-order valence-corrected chi connectivity index (χ4v) is 3.75. The van der Waals surface area contributed by atoms with Gasteiger partial charge in [0, 0.05) is 13.0 Å². The number of amides is 2. The molecule has 2 amide bonds. The van der Waals surface area contributed by atoms with Gasteiger partial charge < -0.3 is 15.2 Å². The van der Waals surface area contributed by atoms with Crippen molar-refractivity contribution in [1.82, 2.24) is 10.2 Å². The molecular formula is C19H22N2O5S2. The van der Waals surface area contributed by atoms with E-state index in [0.717, 1.165) is 17.7 Å². The second kappa shape index (κ2) is 10.8. The van der Waals surface area contributed by atoms with Crippen molar-refractivity contribution >= 4 is 52.2 Å². The zero-order valence-electron chi connectivity index (χ0n) is 15.5. The zero-order valence-corrected chi connectivity index (χ0v) is 17.1. The van der Waals surface area contributed by atoms with Crippen LogP contribution < -0.4 is 10.1 Å². The number of unbranched alkanes of at least 4 members (excludes halogenated alkanes) is 2. The predicted octanol–water partition coefficient (Wildman–Crippen LogP) is 2.66. The first-order valence-electron chi connectivity index (χ1n) is 8.78. The number of carboxylic acid groups (broad SMARTS) is 1. The lowest BCUT2D eigenvalue weighted by molar-refractivity contribution is -0.137. The van der Waals surface area contributed by atoms with Crippen molar-refractivity contribution in [2.24, 2.45) is 0 Å². The Balaban J connectivity index is 1.83. The Morgan fingerprint density at radius 2 is 1.96 bits per heavy atom. The highest BCUT2D eigenvalue weighted by molar-refractivity contribution is 8.26. The van der Waals surface area contributed by atoms with Crippen LogP contribution in [0.15, 0.2) is 29.2 Å². The molecular weight excluding hydrogens is 400 g/mol. The molecule has 1 aliphatic rings. The summed E-state index contributed by atoms with van der Waals surface area (Å²) in [6.45, 7) is 0.314. The summed E-state index contributed by atoms with van der Waals surface area (Å²) in [5, 5.41) is 11.3. The maximum Gasteiger partial charge on any atom is 0.303 e. The van der Waals surface area contributed by atoms with Crippen molar-refractivity contribution in [2.75, 3.05) is 20.2 Å². The van der Waals surface area contributed by atoms with Crippen LogP contribution >= 0.6 is 24.0 Å². The van der Waals surface area contributed by atoms with Crippen molar-refractivity contribution in [3.63, 3.8) is 0 Å². The number of carboxylic acids is 1. The minimum Gasteiger partial charge on any atom is -0.497 e. The van der Waals surface area contributed by atoms with E-state index >= 15 is 0 Å². The number of methoxy groups -OCH3 is 1. The van der Waals surface area contributed by atoms with Gasteiger partial charge in [-0.25, -0.2) is 0 Å². The van der Waals surface area contributed by atoms with Crippen LogP contribution in [0.2, 0.25) is 0 Å². The number of nitrogens with one attached hydrogen (secondary N) is 1. The van der Waals surface area contributed by atoms with E-state index in [1.54, 1.807) is 25.3 Å². The maximum absolute atomic E-state index is 12.5. The number of ether oxygens (including phenoxy) is 1. The highest BCUT2D eigenvalue weighted by atomic mass is 32.2. The zero-order chi connectivity index (χ0) is 20.5. The molecule has 150 valence electrons. The summed E-state index contributed by atoms with van der Waals surface area (Å²) in [5.74, 6) is -0.673. The number of hydrogen-bond donors (Lipinski definition) is 2. The number of nitrogens with zero attached hydrogens (tertiary/aromatic N) is 1. The average Bonchev–Trinajstić information content (AvgIpc) is 2.92. The summed E-state index contributed by atoms with van der Waals surface area (Å²) in [4.78, 5) is 36.8. The van der Waals surface area contributed by atoms with E-state index in [4.69, 9.17) is 22.1 Å². The highest BCUT2D eigenvalue weighted by Gasteiger charge is 2.33. The Labute approximate surface area is 173 Å². The first kappa shape index (κ1) is 21.9. The molecule has 0 bridgehead atoms. The molecule has 0 aliphatic carbocycles. The van der Waals surface area contributed by atoms with Gasteiger partial charge in [-0.15, -0.1) is 0 Å². The molecule has 0 saturated carbocycles. The summed E-state index contributed by atoms with van der Waals surface area (Å²) < 4.78 is 5.46. The van der Waals surface area contributed by atoms with Crippen molar-refractivity contribution in [3.05, 3.63) is 34.7 Å². The largest absolute Gasteiger partial charge is 0.497 e. The summed E-state index contributed by atoms with van der Waals surface area (Å²) >= 11 is 6.40. The van der Waals surface area contributed by atoms with Crippen LogP contribution in [0.5, 0.6) is 5.75 Å². The number of thiocarbonyl (C=S) groups is 1. The summed E-state index contributed by atoms with van der Waals surface area (Å²) in [6.07, 6.45) is 3.85. The first-order valence-corrected chi connectivity index (χ1v) is 10.0. The summed E-state index contributed by atoms with van der Waals surface area (Å²) in [7, 11) is 1.58. The first-order chi connectivity index (χ1) is 13.4. The van der Waals surface area contributed by atoms with Crippen molar-refractivity contribution < 1.29 is 24.2 Å². The minimum absolute atomic E-state index is 0.125. The third-order valence-electron chi connectivity index (χ3n) is 3.98. The Morgan fingerprint density at radius 1 is 1.25 bits per heavy atom. The number of rotatable bonds is 10. The van der Waals surface area contributed by atoms with E-state index < -0.39 is 5.97 Å². The Bertz CT molecular complexity index is 777. The monoisotopic (exact) mass is 422 g/mol. The van der Waals surface area contributed by atoms with Gasteiger partial charge in [0.15, 0.2) is 0 Å². The fourth-order valence-electron chi connectivity index (χ4n) is 2.49.